The number of hydrogen-bond acceptors (Lipinski definition) is 2. The average molecular weight is 274 g/mol. The zero-order valence-electron chi connectivity index (χ0n) is 8.80. The predicted molar refractivity (Wildman–Crippen MR) is 65.9 cm³/mol. The summed E-state index contributed by atoms with van der Waals surface area (Å²) in [6, 6.07) is 2.63. The molecule has 14 heavy (non-hydrogen) atoms. The molecule has 1 aliphatic rings. The van der Waals surface area contributed by atoms with Crippen LogP contribution in [0.15, 0.2) is 9.85 Å². The van der Waals surface area contributed by atoms with E-state index < -0.39 is 0 Å². The number of hydrogen-bond donors (Lipinski definition) is 1. The van der Waals surface area contributed by atoms with Crippen molar-refractivity contribution in [1.29, 1.82) is 0 Å². The first-order valence-electron chi connectivity index (χ1n) is 4.94. The van der Waals surface area contributed by atoms with Gasteiger partial charge in [-0.2, -0.15) is 0 Å². The molecule has 1 saturated carbocycles. The van der Waals surface area contributed by atoms with Crippen molar-refractivity contribution in [3.05, 3.63) is 20.3 Å². The molecule has 1 aromatic heterocycles. The van der Waals surface area contributed by atoms with Crippen LogP contribution in [0.4, 0.5) is 0 Å². The minimum absolute atomic E-state index is 0.269. The van der Waals surface area contributed by atoms with Gasteiger partial charge in [0.2, 0.25) is 0 Å². The van der Waals surface area contributed by atoms with Gasteiger partial charge in [-0.3, -0.25) is 0 Å². The van der Waals surface area contributed by atoms with Gasteiger partial charge in [0, 0.05) is 10.9 Å². The summed E-state index contributed by atoms with van der Waals surface area (Å²) in [6.45, 7) is 6.75. The Morgan fingerprint density at radius 2 is 2.21 bits per heavy atom. The Balaban J connectivity index is 2.30. The second-order valence-corrected chi connectivity index (χ2v) is 7.41. The Morgan fingerprint density at radius 3 is 2.57 bits per heavy atom. The molecule has 1 heterocycles. The van der Waals surface area contributed by atoms with Crippen LogP contribution in [0.5, 0.6) is 0 Å². The van der Waals surface area contributed by atoms with Crippen LogP contribution < -0.4 is 5.73 Å². The van der Waals surface area contributed by atoms with E-state index in [0.717, 1.165) is 6.42 Å². The minimum atomic E-state index is 0.269. The molecule has 0 amide bonds. The molecule has 2 N–H and O–H groups in total. The Hall–Kier alpha value is 0.140. The molecule has 0 spiro atoms. The summed E-state index contributed by atoms with van der Waals surface area (Å²) in [5.74, 6) is 0.653. The summed E-state index contributed by atoms with van der Waals surface area (Å²) in [5.41, 5.74) is 7.80. The van der Waals surface area contributed by atoms with Crippen molar-refractivity contribution < 1.29 is 0 Å². The number of nitrogens with two attached hydrogens (primary N) is 1. The number of rotatable bonds is 1. The van der Waals surface area contributed by atoms with E-state index >= 15 is 0 Å². The normalized spacial score (nSPS) is 30.1. The smallest absolute Gasteiger partial charge is 0.0704 e. The van der Waals surface area contributed by atoms with Gasteiger partial charge in [-0.25, -0.2) is 0 Å². The van der Waals surface area contributed by atoms with Gasteiger partial charge in [-0.1, -0.05) is 13.8 Å². The summed E-state index contributed by atoms with van der Waals surface area (Å²) in [6.07, 6.45) is 1.14. The molecule has 0 radical (unpaired) electrons. The van der Waals surface area contributed by atoms with Crippen molar-refractivity contribution in [2.24, 2.45) is 11.1 Å². The molecule has 2 atom stereocenters. The largest absolute Gasteiger partial charge is 0.327 e. The summed E-state index contributed by atoms with van der Waals surface area (Å²) >= 11 is 5.37. The monoisotopic (exact) mass is 273 g/mol. The second kappa shape index (κ2) is 3.32. The van der Waals surface area contributed by atoms with Crippen LogP contribution in [0.25, 0.3) is 0 Å². The SMILES string of the molecule is Cc1sc(Br)cc1C1CC(N)C1(C)C. The molecule has 1 aliphatic carbocycles. The van der Waals surface area contributed by atoms with E-state index in [2.05, 4.69) is 42.8 Å². The summed E-state index contributed by atoms with van der Waals surface area (Å²) in [5, 5.41) is 0. The number of halogens is 1. The third-order valence-electron chi connectivity index (χ3n) is 3.64. The van der Waals surface area contributed by atoms with Gasteiger partial charge in [0.25, 0.3) is 0 Å². The fourth-order valence-electron chi connectivity index (χ4n) is 2.29. The Labute approximate surface area is 97.8 Å². The quantitative estimate of drug-likeness (QED) is 0.831. The van der Waals surface area contributed by atoms with Crippen molar-refractivity contribution in [3.63, 3.8) is 0 Å². The van der Waals surface area contributed by atoms with E-state index in [-0.39, 0.29) is 5.41 Å². The highest BCUT2D eigenvalue weighted by atomic mass is 79.9. The van der Waals surface area contributed by atoms with Crippen molar-refractivity contribution in [1.82, 2.24) is 0 Å². The van der Waals surface area contributed by atoms with Gasteiger partial charge in [-0.05, 0) is 52.2 Å². The van der Waals surface area contributed by atoms with Gasteiger partial charge in [0.1, 0.15) is 0 Å². The highest BCUT2D eigenvalue weighted by Gasteiger charge is 2.47. The number of thiophene rings is 1. The summed E-state index contributed by atoms with van der Waals surface area (Å²) in [7, 11) is 0. The molecule has 1 nitrogen and oxygen atoms in total. The van der Waals surface area contributed by atoms with E-state index in [1.807, 2.05) is 11.3 Å². The maximum Gasteiger partial charge on any atom is 0.0704 e. The lowest BCUT2D eigenvalue weighted by atomic mass is 9.57. The first-order valence-corrected chi connectivity index (χ1v) is 6.55. The van der Waals surface area contributed by atoms with Crippen LogP contribution in [0.3, 0.4) is 0 Å². The molecule has 2 rings (SSSR count). The lowest BCUT2D eigenvalue weighted by Crippen LogP contribution is -2.52. The zero-order chi connectivity index (χ0) is 10.5. The van der Waals surface area contributed by atoms with Gasteiger partial charge in [0.15, 0.2) is 0 Å². The summed E-state index contributed by atoms with van der Waals surface area (Å²) in [4.78, 5) is 1.43. The van der Waals surface area contributed by atoms with E-state index in [4.69, 9.17) is 5.73 Å². The standard InChI is InChI=1S/C11H16BrNS/c1-6-7(4-10(12)14-6)8-5-9(13)11(8,2)3/h4,8-9H,5,13H2,1-3H3. The molecular formula is C11H16BrNS. The van der Waals surface area contributed by atoms with E-state index in [0.29, 0.717) is 12.0 Å². The van der Waals surface area contributed by atoms with E-state index in [1.54, 1.807) is 0 Å². The minimum Gasteiger partial charge on any atom is -0.327 e. The Morgan fingerprint density at radius 1 is 1.57 bits per heavy atom. The first kappa shape index (κ1) is 10.7. The van der Waals surface area contributed by atoms with E-state index in [1.165, 1.54) is 14.2 Å². The third-order valence-corrected chi connectivity index (χ3v) is 5.21. The van der Waals surface area contributed by atoms with Crippen LogP contribution >= 0.6 is 27.3 Å². The third kappa shape index (κ3) is 1.46. The van der Waals surface area contributed by atoms with Crippen LogP contribution in [0, 0.1) is 12.3 Å². The maximum absolute atomic E-state index is 6.03. The first-order chi connectivity index (χ1) is 6.43. The molecule has 0 bridgehead atoms. The molecule has 1 fully saturated rings. The van der Waals surface area contributed by atoms with Crippen LogP contribution in [0.1, 0.15) is 36.6 Å². The molecular weight excluding hydrogens is 258 g/mol. The lowest BCUT2D eigenvalue weighted by molar-refractivity contribution is 0.0983. The fourth-order valence-corrected chi connectivity index (χ4v) is 4.06. The van der Waals surface area contributed by atoms with E-state index in [9.17, 15) is 0 Å². The van der Waals surface area contributed by atoms with Gasteiger partial charge in [-0.15, -0.1) is 11.3 Å². The maximum atomic E-state index is 6.03. The predicted octanol–water partition coefficient (Wildman–Crippen LogP) is 3.66. The van der Waals surface area contributed by atoms with Crippen molar-refractivity contribution in [2.75, 3.05) is 0 Å². The molecule has 2 unspecified atom stereocenters. The highest BCUT2D eigenvalue weighted by molar-refractivity contribution is 9.11. The van der Waals surface area contributed by atoms with Crippen LogP contribution in [0.2, 0.25) is 0 Å². The van der Waals surface area contributed by atoms with Crippen LogP contribution in [-0.4, -0.2) is 6.04 Å². The molecule has 0 saturated heterocycles. The topological polar surface area (TPSA) is 26.0 Å². The Bertz CT molecular complexity index is 356. The average Bonchev–Trinajstić information content (AvgIpc) is 2.40. The second-order valence-electron chi connectivity index (χ2n) is 4.78. The van der Waals surface area contributed by atoms with Crippen molar-refractivity contribution >= 4 is 27.3 Å². The molecule has 0 aromatic carbocycles. The number of aryl methyl sites for hydroxylation is 1. The lowest BCUT2D eigenvalue weighted by Gasteiger charge is -2.50. The van der Waals surface area contributed by atoms with Crippen LogP contribution in [-0.2, 0) is 0 Å². The molecule has 1 aromatic rings. The van der Waals surface area contributed by atoms with Gasteiger partial charge < -0.3 is 5.73 Å². The Kier molecular flexibility index (Phi) is 2.53. The highest BCUT2D eigenvalue weighted by Crippen LogP contribution is 2.53. The van der Waals surface area contributed by atoms with Gasteiger partial charge in [0.05, 0.1) is 3.79 Å². The fraction of sp³-hybridized carbons (Fsp3) is 0.636. The molecule has 78 valence electrons. The van der Waals surface area contributed by atoms with Gasteiger partial charge >= 0.3 is 0 Å². The van der Waals surface area contributed by atoms with Crippen molar-refractivity contribution in [2.45, 2.75) is 39.2 Å². The zero-order valence-corrected chi connectivity index (χ0v) is 11.2. The summed E-state index contributed by atoms with van der Waals surface area (Å²) < 4.78 is 1.24. The van der Waals surface area contributed by atoms with Crippen molar-refractivity contribution in [3.8, 4) is 0 Å². The molecule has 3 heteroatoms. The molecule has 0 aliphatic heterocycles.